The Morgan fingerprint density at radius 1 is 1.21 bits per heavy atom. The number of aromatic nitrogens is 5. The van der Waals surface area contributed by atoms with Crippen molar-refractivity contribution < 1.29 is 17.6 Å². The number of benzene rings is 1. The van der Waals surface area contributed by atoms with Crippen molar-refractivity contribution >= 4 is 33.9 Å². The van der Waals surface area contributed by atoms with Gasteiger partial charge >= 0.3 is 6.18 Å². The molecule has 1 aromatic carbocycles. The molecule has 0 spiro atoms. The number of hydrogen-bond acceptors (Lipinski definition) is 7. The molecule has 4 aliphatic carbocycles. The number of halogens is 5. The van der Waals surface area contributed by atoms with E-state index >= 15 is 0 Å². The molecule has 0 unspecified atom stereocenters. The van der Waals surface area contributed by atoms with E-state index in [0.29, 0.717) is 44.1 Å². The van der Waals surface area contributed by atoms with Gasteiger partial charge in [0.2, 0.25) is 5.95 Å². The average molecular weight is 597 g/mol. The standard InChI is InChI=1S/C29H25ClF4N8/c1-15-19(2-3-23(31)38-15)26(22-13-42(41-40-22)28(4-5-28)29(32,33)34)39-18-6-20-24(37-14-27-8-16(9-27)10-27)17(11-35)12-36-25(20)21(30)7-18/h2-3,6-7,12-13,16,26,39H,4-5,8-10,14H2,1H3,(H,36,37)/t16?,26-,27?/m0/s1. The van der Waals surface area contributed by atoms with Crippen LogP contribution >= 0.6 is 11.6 Å². The molecule has 4 aromatic rings. The quantitative estimate of drug-likeness (QED) is 0.173. The number of pyridine rings is 2. The second-order valence-corrected chi connectivity index (χ2v) is 12.3. The van der Waals surface area contributed by atoms with Crippen LogP contribution < -0.4 is 10.6 Å². The third kappa shape index (κ3) is 4.24. The normalized spacial score (nSPS) is 22.5. The van der Waals surface area contributed by atoms with Gasteiger partial charge in [0.25, 0.3) is 0 Å². The Labute approximate surface area is 243 Å². The summed E-state index contributed by atoms with van der Waals surface area (Å²) in [5.41, 5.74) is 1.23. The summed E-state index contributed by atoms with van der Waals surface area (Å²) in [6.07, 6.45) is 1.67. The average Bonchev–Trinajstić information content (AvgIpc) is 3.57. The van der Waals surface area contributed by atoms with Crippen molar-refractivity contribution in [1.29, 1.82) is 5.26 Å². The maximum atomic E-state index is 13.9. The first kappa shape index (κ1) is 26.9. The van der Waals surface area contributed by atoms with E-state index in [4.69, 9.17) is 11.6 Å². The molecular formula is C29H25ClF4N8. The molecule has 4 fully saturated rings. The number of nitrogens with one attached hydrogen (secondary N) is 2. The van der Waals surface area contributed by atoms with E-state index in [-0.39, 0.29) is 24.0 Å². The summed E-state index contributed by atoms with van der Waals surface area (Å²) in [5, 5.41) is 25.5. The first-order valence-corrected chi connectivity index (χ1v) is 14.0. The van der Waals surface area contributed by atoms with E-state index in [1.54, 1.807) is 19.1 Å². The summed E-state index contributed by atoms with van der Waals surface area (Å²) in [4.78, 5) is 8.33. The summed E-state index contributed by atoms with van der Waals surface area (Å²) in [6, 6.07) is 7.51. The summed E-state index contributed by atoms with van der Waals surface area (Å²) < 4.78 is 56.3. The SMILES string of the molecule is Cc1nc(F)ccc1[C@H](Nc1cc(Cl)c2ncc(C#N)c(NCC34CC(C3)C4)c2c1)c1cn(C2(C(F)(F)F)CC2)nn1. The van der Waals surface area contributed by atoms with Crippen LogP contribution in [0.1, 0.15) is 60.7 Å². The molecule has 0 saturated heterocycles. The Morgan fingerprint density at radius 2 is 1.98 bits per heavy atom. The number of hydrogen-bond donors (Lipinski definition) is 2. The van der Waals surface area contributed by atoms with Gasteiger partial charge in [0, 0.05) is 35.1 Å². The van der Waals surface area contributed by atoms with Crippen LogP contribution in [0.3, 0.4) is 0 Å². The molecule has 0 amide bonds. The predicted octanol–water partition coefficient (Wildman–Crippen LogP) is 6.66. The molecule has 42 heavy (non-hydrogen) atoms. The largest absolute Gasteiger partial charge is 0.413 e. The molecule has 4 aliphatic rings. The van der Waals surface area contributed by atoms with Gasteiger partial charge in [-0.2, -0.15) is 22.8 Å². The minimum absolute atomic E-state index is 0.0826. The van der Waals surface area contributed by atoms with Crippen molar-refractivity contribution in [2.24, 2.45) is 11.3 Å². The van der Waals surface area contributed by atoms with Crippen molar-refractivity contribution in [1.82, 2.24) is 25.0 Å². The van der Waals surface area contributed by atoms with Gasteiger partial charge in [-0.1, -0.05) is 22.9 Å². The molecular weight excluding hydrogens is 572 g/mol. The molecule has 2 N–H and O–H groups in total. The first-order chi connectivity index (χ1) is 20.0. The Balaban J connectivity index is 1.29. The van der Waals surface area contributed by atoms with Crippen LogP contribution in [-0.4, -0.2) is 37.7 Å². The number of nitriles is 1. The van der Waals surface area contributed by atoms with Gasteiger partial charge in [-0.25, -0.2) is 9.67 Å². The van der Waals surface area contributed by atoms with Gasteiger partial charge in [-0.15, -0.1) is 5.10 Å². The van der Waals surface area contributed by atoms with Gasteiger partial charge in [-0.05, 0) is 68.6 Å². The Bertz CT molecular complexity index is 1760. The van der Waals surface area contributed by atoms with Gasteiger partial charge in [0.05, 0.1) is 34.0 Å². The van der Waals surface area contributed by atoms with Crippen LogP contribution in [0.25, 0.3) is 10.9 Å². The number of anilines is 2. The number of nitrogens with zero attached hydrogens (tertiary/aromatic N) is 6. The van der Waals surface area contributed by atoms with Crippen LogP contribution in [0.15, 0.2) is 36.7 Å². The molecule has 8 nitrogen and oxygen atoms in total. The topological polar surface area (TPSA) is 104 Å². The summed E-state index contributed by atoms with van der Waals surface area (Å²) in [7, 11) is 0. The van der Waals surface area contributed by atoms with E-state index in [0.717, 1.165) is 17.1 Å². The molecule has 3 heterocycles. The fourth-order valence-electron chi connectivity index (χ4n) is 6.47. The van der Waals surface area contributed by atoms with Crippen LogP contribution in [0, 0.1) is 35.5 Å². The lowest BCUT2D eigenvalue weighted by atomic mass is 9.44. The number of rotatable bonds is 8. The lowest BCUT2D eigenvalue weighted by Crippen LogP contribution is -2.55. The van der Waals surface area contributed by atoms with Crippen molar-refractivity contribution in [2.75, 3.05) is 17.2 Å². The van der Waals surface area contributed by atoms with E-state index in [2.05, 4.69) is 37.0 Å². The molecule has 1 atom stereocenters. The molecule has 216 valence electrons. The van der Waals surface area contributed by atoms with E-state index in [1.807, 2.05) is 0 Å². The zero-order valence-corrected chi connectivity index (χ0v) is 23.2. The third-order valence-corrected chi connectivity index (χ3v) is 9.35. The molecule has 8 rings (SSSR count). The first-order valence-electron chi connectivity index (χ1n) is 13.7. The van der Waals surface area contributed by atoms with Crippen LogP contribution in [0.5, 0.6) is 0 Å². The highest BCUT2D eigenvalue weighted by Gasteiger charge is 2.66. The van der Waals surface area contributed by atoms with Gasteiger partial charge in [0.15, 0.2) is 5.54 Å². The lowest BCUT2D eigenvalue weighted by molar-refractivity contribution is -0.182. The van der Waals surface area contributed by atoms with Crippen LogP contribution in [-0.2, 0) is 5.54 Å². The van der Waals surface area contributed by atoms with Gasteiger partial charge in [0.1, 0.15) is 11.8 Å². The highest BCUT2D eigenvalue weighted by atomic mass is 35.5. The lowest BCUT2D eigenvalue weighted by Gasteiger charge is -2.62. The summed E-state index contributed by atoms with van der Waals surface area (Å²) in [6.45, 7) is 2.35. The van der Waals surface area contributed by atoms with Gasteiger partial charge < -0.3 is 10.6 Å². The third-order valence-electron chi connectivity index (χ3n) is 9.06. The number of aryl methyl sites for hydroxylation is 1. The second kappa shape index (κ2) is 9.26. The van der Waals surface area contributed by atoms with Crippen LogP contribution in [0.4, 0.5) is 28.9 Å². The van der Waals surface area contributed by atoms with Crippen LogP contribution in [0.2, 0.25) is 5.02 Å². The Kier molecular flexibility index (Phi) is 5.93. The molecule has 13 heteroatoms. The Hall–Kier alpha value is -3.98. The molecule has 0 radical (unpaired) electrons. The fourth-order valence-corrected chi connectivity index (χ4v) is 6.74. The zero-order valence-electron chi connectivity index (χ0n) is 22.4. The van der Waals surface area contributed by atoms with Crippen molar-refractivity contribution in [3.05, 3.63) is 70.1 Å². The monoisotopic (exact) mass is 596 g/mol. The minimum Gasteiger partial charge on any atom is -0.383 e. The van der Waals surface area contributed by atoms with E-state index in [1.165, 1.54) is 43.8 Å². The maximum Gasteiger partial charge on any atom is 0.413 e. The molecule has 3 aromatic heterocycles. The minimum atomic E-state index is -4.48. The van der Waals surface area contributed by atoms with Gasteiger partial charge in [-0.3, -0.25) is 4.98 Å². The fraction of sp³-hybridized carbons (Fsp3) is 0.414. The Morgan fingerprint density at radius 3 is 2.60 bits per heavy atom. The molecule has 2 bridgehead atoms. The highest BCUT2D eigenvalue weighted by molar-refractivity contribution is 6.35. The molecule has 4 saturated carbocycles. The highest BCUT2D eigenvalue weighted by Crippen LogP contribution is 2.64. The zero-order chi connectivity index (χ0) is 29.4. The second-order valence-electron chi connectivity index (χ2n) is 11.8. The summed E-state index contributed by atoms with van der Waals surface area (Å²) >= 11 is 6.68. The number of alkyl halides is 3. The number of fused-ring (bicyclic) bond motifs is 1. The van der Waals surface area contributed by atoms with Crippen molar-refractivity contribution in [3.63, 3.8) is 0 Å². The van der Waals surface area contributed by atoms with Crippen molar-refractivity contribution in [3.8, 4) is 6.07 Å². The maximum absolute atomic E-state index is 13.9. The smallest absolute Gasteiger partial charge is 0.383 e. The molecule has 0 aliphatic heterocycles. The van der Waals surface area contributed by atoms with Crippen molar-refractivity contribution in [2.45, 2.75) is 56.8 Å². The summed E-state index contributed by atoms with van der Waals surface area (Å²) in [5.74, 6) is 0.128. The van der Waals surface area contributed by atoms with E-state index < -0.39 is 23.7 Å². The predicted molar refractivity (Wildman–Crippen MR) is 147 cm³/mol. The van der Waals surface area contributed by atoms with E-state index in [9.17, 15) is 22.8 Å².